The number of aromatic nitrogens is 3. The van der Waals surface area contributed by atoms with Crippen LogP contribution in [0.1, 0.15) is 30.4 Å². The van der Waals surface area contributed by atoms with Crippen molar-refractivity contribution in [2.75, 3.05) is 24.5 Å². The lowest BCUT2D eigenvalue weighted by molar-refractivity contribution is 0.412. The molecule has 1 N–H and O–H groups in total. The van der Waals surface area contributed by atoms with Gasteiger partial charge in [0, 0.05) is 25.3 Å². The van der Waals surface area contributed by atoms with Gasteiger partial charge in [0.2, 0.25) is 0 Å². The van der Waals surface area contributed by atoms with E-state index in [2.05, 4.69) is 72.2 Å². The smallest absolute Gasteiger partial charge is 0.150 e. The van der Waals surface area contributed by atoms with Crippen LogP contribution in [0.4, 0.5) is 5.82 Å². The van der Waals surface area contributed by atoms with Gasteiger partial charge < -0.3 is 10.2 Å². The summed E-state index contributed by atoms with van der Waals surface area (Å²) in [6, 6.07) is 4.91. The average Bonchev–Trinajstić information content (AvgIpc) is 3.07. The van der Waals surface area contributed by atoms with Gasteiger partial charge in [0.05, 0.1) is 10.2 Å². The molecular formula is C20H24IN5S. The largest absolute Gasteiger partial charge is 0.355 e. The fraction of sp³-hybridized carbons (Fsp3) is 0.450. The van der Waals surface area contributed by atoms with E-state index in [1.807, 2.05) is 6.20 Å². The molecule has 0 bridgehead atoms. The van der Waals surface area contributed by atoms with Crippen molar-refractivity contribution in [2.24, 2.45) is 0 Å². The van der Waals surface area contributed by atoms with Gasteiger partial charge in [-0.3, -0.25) is 4.98 Å². The predicted molar refractivity (Wildman–Crippen MR) is 121 cm³/mol. The Labute approximate surface area is 177 Å². The van der Waals surface area contributed by atoms with Crippen LogP contribution in [0.15, 0.2) is 30.0 Å². The molecule has 5 nitrogen and oxygen atoms in total. The molecule has 0 aromatic carbocycles. The summed E-state index contributed by atoms with van der Waals surface area (Å²) < 4.78 is 2.30. The van der Waals surface area contributed by atoms with E-state index in [-0.39, 0.29) is 0 Å². The van der Waals surface area contributed by atoms with E-state index in [1.54, 1.807) is 17.7 Å². The molecule has 0 unspecified atom stereocenters. The van der Waals surface area contributed by atoms with E-state index >= 15 is 0 Å². The van der Waals surface area contributed by atoms with Crippen molar-refractivity contribution in [2.45, 2.75) is 38.6 Å². The zero-order valence-corrected chi connectivity index (χ0v) is 18.5. The number of hydrogen-bond acceptors (Lipinski definition) is 6. The van der Waals surface area contributed by atoms with Crippen molar-refractivity contribution in [1.29, 1.82) is 0 Å². The zero-order valence-electron chi connectivity index (χ0n) is 15.5. The number of piperidine rings is 1. The fourth-order valence-corrected chi connectivity index (χ4v) is 5.25. The lowest BCUT2D eigenvalue weighted by Gasteiger charge is -2.33. The topological polar surface area (TPSA) is 53.9 Å². The highest BCUT2D eigenvalue weighted by Gasteiger charge is 2.22. The van der Waals surface area contributed by atoms with Gasteiger partial charge >= 0.3 is 0 Å². The number of thiophene rings is 1. The minimum Gasteiger partial charge on any atom is -0.355 e. The van der Waals surface area contributed by atoms with Gasteiger partial charge in [0.15, 0.2) is 0 Å². The van der Waals surface area contributed by atoms with Crippen LogP contribution in [0, 0.1) is 10.6 Å². The molecule has 0 spiro atoms. The fourth-order valence-electron chi connectivity index (χ4n) is 3.67. The van der Waals surface area contributed by atoms with E-state index in [1.165, 1.54) is 35.1 Å². The van der Waals surface area contributed by atoms with Crippen LogP contribution in [0.5, 0.6) is 0 Å². The van der Waals surface area contributed by atoms with Gasteiger partial charge in [-0.25, -0.2) is 9.97 Å². The molecule has 7 heteroatoms. The molecule has 0 amide bonds. The quantitative estimate of drug-likeness (QED) is 0.317. The molecule has 0 saturated carbocycles. The number of nitrogens with zero attached hydrogens (tertiary/aromatic N) is 4. The number of nitrogens with one attached hydrogen (secondary N) is 1. The first-order chi connectivity index (χ1) is 13.2. The van der Waals surface area contributed by atoms with E-state index in [0.717, 1.165) is 41.1 Å². The third-order valence-electron chi connectivity index (χ3n) is 5.17. The van der Waals surface area contributed by atoms with E-state index in [0.29, 0.717) is 6.04 Å². The zero-order chi connectivity index (χ0) is 18.6. The molecule has 0 radical (unpaired) electrons. The van der Waals surface area contributed by atoms with E-state index < -0.39 is 0 Å². The summed E-state index contributed by atoms with van der Waals surface area (Å²) in [4.78, 5) is 15.7. The third-order valence-corrected chi connectivity index (χ3v) is 6.85. The summed E-state index contributed by atoms with van der Waals surface area (Å²) in [6.07, 6.45) is 8.23. The molecule has 3 aromatic rings. The van der Waals surface area contributed by atoms with Crippen molar-refractivity contribution in [3.05, 3.63) is 44.9 Å². The highest BCUT2D eigenvalue weighted by molar-refractivity contribution is 14.1. The van der Waals surface area contributed by atoms with Gasteiger partial charge in [-0.2, -0.15) is 0 Å². The second-order valence-electron chi connectivity index (χ2n) is 7.10. The van der Waals surface area contributed by atoms with Crippen LogP contribution in [0.3, 0.4) is 0 Å². The molecule has 0 atom stereocenters. The van der Waals surface area contributed by atoms with Crippen molar-refractivity contribution < 1.29 is 0 Å². The minimum absolute atomic E-state index is 0.612. The normalized spacial score (nSPS) is 15.6. The first-order valence-corrected chi connectivity index (χ1v) is 11.4. The number of fused-ring (bicyclic) bond motifs is 1. The molecule has 1 fully saturated rings. The Morgan fingerprint density at radius 1 is 1.26 bits per heavy atom. The monoisotopic (exact) mass is 493 g/mol. The summed E-state index contributed by atoms with van der Waals surface area (Å²) >= 11 is 4.04. The number of aryl methyl sites for hydroxylation is 2. The minimum atomic E-state index is 0.612. The number of hydrogen-bond donors (Lipinski definition) is 1. The Balaban J connectivity index is 1.25. The molecule has 1 aliphatic rings. The lowest BCUT2D eigenvalue weighted by atomic mass is 10.0. The lowest BCUT2D eigenvalue weighted by Crippen LogP contribution is -2.43. The van der Waals surface area contributed by atoms with Crippen molar-refractivity contribution in [3.8, 4) is 0 Å². The first kappa shape index (κ1) is 19.0. The highest BCUT2D eigenvalue weighted by atomic mass is 127. The standard InChI is InChI=1S/C20H24IN5S/c1-14-12-27-19-18(14)24-13-25-20(19)26-9-5-16(6-10-26)22-7-2-3-15-4-8-23-17(21)11-15/h4,8,11-13,16,22H,2-3,5-7,9-10H2,1H3. The molecule has 142 valence electrons. The van der Waals surface area contributed by atoms with Gasteiger partial charge in [-0.1, -0.05) is 0 Å². The molecule has 4 rings (SSSR count). The highest BCUT2D eigenvalue weighted by Crippen LogP contribution is 2.32. The predicted octanol–water partition coefficient (Wildman–Crippen LogP) is 4.19. The van der Waals surface area contributed by atoms with Crippen LogP contribution in [-0.4, -0.2) is 40.6 Å². The summed E-state index contributed by atoms with van der Waals surface area (Å²) in [7, 11) is 0. The maximum absolute atomic E-state index is 4.58. The van der Waals surface area contributed by atoms with Crippen LogP contribution in [0.25, 0.3) is 10.2 Å². The summed E-state index contributed by atoms with van der Waals surface area (Å²) in [6.45, 7) is 5.32. The Morgan fingerprint density at radius 2 is 2.11 bits per heavy atom. The van der Waals surface area contributed by atoms with Gasteiger partial charge in [0.1, 0.15) is 15.8 Å². The Hall–Kier alpha value is -1.32. The van der Waals surface area contributed by atoms with Crippen LogP contribution in [0.2, 0.25) is 0 Å². The van der Waals surface area contributed by atoms with Crippen LogP contribution >= 0.6 is 33.9 Å². The molecule has 27 heavy (non-hydrogen) atoms. The molecule has 3 aromatic heterocycles. The molecule has 4 heterocycles. The number of rotatable bonds is 6. The van der Waals surface area contributed by atoms with Crippen molar-refractivity contribution >= 4 is 50.0 Å². The maximum Gasteiger partial charge on any atom is 0.150 e. The van der Waals surface area contributed by atoms with Gasteiger partial charge in [-0.15, -0.1) is 11.3 Å². The molecule has 0 aliphatic carbocycles. The Kier molecular flexibility index (Phi) is 6.19. The summed E-state index contributed by atoms with van der Waals surface area (Å²) in [5.41, 5.74) is 3.74. The number of pyridine rings is 1. The second-order valence-corrected chi connectivity index (χ2v) is 9.08. The van der Waals surface area contributed by atoms with E-state index in [4.69, 9.17) is 0 Å². The average molecular weight is 493 g/mol. The molecule has 1 aliphatic heterocycles. The van der Waals surface area contributed by atoms with Crippen molar-refractivity contribution in [1.82, 2.24) is 20.3 Å². The second kappa shape index (κ2) is 8.79. The Morgan fingerprint density at radius 3 is 2.93 bits per heavy atom. The first-order valence-electron chi connectivity index (χ1n) is 9.48. The van der Waals surface area contributed by atoms with Crippen LogP contribution < -0.4 is 10.2 Å². The van der Waals surface area contributed by atoms with Gasteiger partial charge in [-0.05, 0) is 90.4 Å². The molecular weight excluding hydrogens is 469 g/mol. The van der Waals surface area contributed by atoms with Crippen LogP contribution in [-0.2, 0) is 6.42 Å². The van der Waals surface area contributed by atoms with Gasteiger partial charge in [0.25, 0.3) is 0 Å². The summed E-state index contributed by atoms with van der Waals surface area (Å²) in [5.74, 6) is 1.11. The molecule has 1 saturated heterocycles. The van der Waals surface area contributed by atoms with E-state index in [9.17, 15) is 0 Å². The Bertz CT molecular complexity index is 904. The number of halogens is 1. The van der Waals surface area contributed by atoms with Crippen molar-refractivity contribution in [3.63, 3.8) is 0 Å². The third kappa shape index (κ3) is 4.57. The summed E-state index contributed by atoms with van der Waals surface area (Å²) in [5, 5.41) is 5.93. The SMILES string of the molecule is Cc1csc2c(N3CCC(NCCCc4ccnc(I)c4)CC3)ncnc12. The number of anilines is 1. The maximum atomic E-state index is 4.58.